The molecule has 0 aliphatic rings. The average molecular weight is 330 g/mol. The summed E-state index contributed by atoms with van der Waals surface area (Å²) >= 11 is 11.8. The molecule has 0 radical (unpaired) electrons. The number of amides is 1. The summed E-state index contributed by atoms with van der Waals surface area (Å²) in [5.74, 6) is 0.154. The molecule has 0 saturated heterocycles. The number of aliphatic hydroxyl groups excluding tert-OH is 1. The van der Waals surface area contributed by atoms with Gasteiger partial charge in [0.2, 0.25) is 0 Å². The van der Waals surface area contributed by atoms with Crippen LogP contribution in [0.25, 0.3) is 0 Å². The van der Waals surface area contributed by atoms with Gasteiger partial charge in [0.1, 0.15) is 23.5 Å². The van der Waals surface area contributed by atoms with Crippen molar-refractivity contribution >= 4 is 29.1 Å². The Morgan fingerprint density at radius 2 is 2.14 bits per heavy atom. The standard InChI is InChI=1S/C14H13Cl2NO4/c15-10-3-1-4-11(13(10)16)21-8-9(18)7-17-14(19)12-5-2-6-20-12/h1-6,9,18H,7-8H2,(H,17,19). The second kappa shape index (κ2) is 7.36. The Balaban J connectivity index is 1.78. The fourth-order valence-electron chi connectivity index (χ4n) is 1.55. The highest BCUT2D eigenvalue weighted by molar-refractivity contribution is 6.42. The number of benzene rings is 1. The van der Waals surface area contributed by atoms with E-state index in [2.05, 4.69) is 5.32 Å². The molecule has 1 heterocycles. The van der Waals surface area contributed by atoms with Crippen LogP contribution < -0.4 is 10.1 Å². The van der Waals surface area contributed by atoms with E-state index in [1.54, 1.807) is 24.3 Å². The summed E-state index contributed by atoms with van der Waals surface area (Å²) in [6, 6.07) is 8.10. The second-order valence-corrected chi connectivity index (χ2v) is 4.99. The van der Waals surface area contributed by atoms with Crippen molar-refractivity contribution in [1.82, 2.24) is 5.32 Å². The van der Waals surface area contributed by atoms with Crippen LogP contribution in [0.5, 0.6) is 5.75 Å². The van der Waals surface area contributed by atoms with Gasteiger partial charge in [-0.1, -0.05) is 29.3 Å². The number of carbonyl (C=O) groups is 1. The molecule has 2 aromatic rings. The molecule has 112 valence electrons. The van der Waals surface area contributed by atoms with Crippen molar-refractivity contribution < 1.29 is 19.1 Å². The zero-order chi connectivity index (χ0) is 15.2. The maximum Gasteiger partial charge on any atom is 0.287 e. The van der Waals surface area contributed by atoms with Crippen LogP contribution in [0.1, 0.15) is 10.6 Å². The summed E-state index contributed by atoms with van der Waals surface area (Å²) in [6.07, 6.45) is 0.509. The minimum atomic E-state index is -0.890. The molecule has 7 heteroatoms. The number of hydrogen-bond donors (Lipinski definition) is 2. The number of carbonyl (C=O) groups excluding carboxylic acids is 1. The van der Waals surface area contributed by atoms with E-state index >= 15 is 0 Å². The van der Waals surface area contributed by atoms with E-state index in [0.29, 0.717) is 10.8 Å². The number of rotatable bonds is 6. The highest BCUT2D eigenvalue weighted by atomic mass is 35.5. The highest BCUT2D eigenvalue weighted by Gasteiger charge is 2.12. The molecule has 1 aromatic carbocycles. The molecule has 0 aliphatic carbocycles. The third-order valence-electron chi connectivity index (χ3n) is 2.59. The number of aliphatic hydroxyl groups is 1. The molecule has 1 atom stereocenters. The van der Waals surface area contributed by atoms with Crippen molar-refractivity contribution in [3.63, 3.8) is 0 Å². The van der Waals surface area contributed by atoms with E-state index in [0.717, 1.165) is 0 Å². The third kappa shape index (κ3) is 4.39. The molecule has 0 spiro atoms. The van der Waals surface area contributed by atoms with Crippen LogP contribution in [-0.2, 0) is 0 Å². The maximum absolute atomic E-state index is 11.6. The van der Waals surface area contributed by atoms with E-state index < -0.39 is 12.0 Å². The molecule has 21 heavy (non-hydrogen) atoms. The van der Waals surface area contributed by atoms with Crippen LogP contribution in [0.2, 0.25) is 10.0 Å². The van der Waals surface area contributed by atoms with Crippen molar-refractivity contribution in [2.75, 3.05) is 13.2 Å². The van der Waals surface area contributed by atoms with Gasteiger partial charge in [0.05, 0.1) is 11.3 Å². The van der Waals surface area contributed by atoms with Crippen molar-refractivity contribution in [1.29, 1.82) is 0 Å². The van der Waals surface area contributed by atoms with Gasteiger partial charge in [0, 0.05) is 6.54 Å². The molecular weight excluding hydrogens is 317 g/mol. The Bertz CT molecular complexity index is 601. The Morgan fingerprint density at radius 1 is 1.33 bits per heavy atom. The largest absolute Gasteiger partial charge is 0.489 e. The molecule has 0 aliphatic heterocycles. The monoisotopic (exact) mass is 329 g/mol. The van der Waals surface area contributed by atoms with E-state index in [9.17, 15) is 9.90 Å². The van der Waals surface area contributed by atoms with Gasteiger partial charge in [-0.05, 0) is 24.3 Å². The molecule has 0 fully saturated rings. The molecule has 0 bridgehead atoms. The number of ether oxygens (including phenoxy) is 1. The van der Waals surface area contributed by atoms with Crippen LogP contribution in [-0.4, -0.2) is 30.3 Å². The minimum Gasteiger partial charge on any atom is -0.489 e. The minimum absolute atomic E-state index is 0.0255. The molecule has 2 rings (SSSR count). The molecule has 0 saturated carbocycles. The van der Waals surface area contributed by atoms with Crippen molar-refractivity contribution in [2.45, 2.75) is 6.10 Å². The van der Waals surface area contributed by atoms with E-state index in [1.165, 1.54) is 12.3 Å². The number of nitrogens with one attached hydrogen (secondary N) is 1. The zero-order valence-electron chi connectivity index (χ0n) is 10.9. The van der Waals surface area contributed by atoms with Crippen LogP contribution in [0.15, 0.2) is 41.0 Å². The summed E-state index contributed by atoms with van der Waals surface area (Å²) < 4.78 is 10.3. The summed E-state index contributed by atoms with van der Waals surface area (Å²) in [5, 5.41) is 12.9. The zero-order valence-corrected chi connectivity index (χ0v) is 12.4. The Morgan fingerprint density at radius 3 is 2.86 bits per heavy atom. The van der Waals surface area contributed by atoms with Gasteiger partial charge < -0.3 is 19.6 Å². The number of furan rings is 1. The number of halogens is 2. The molecular formula is C14H13Cl2NO4. The average Bonchev–Trinajstić information content (AvgIpc) is 3.00. The van der Waals surface area contributed by atoms with Gasteiger partial charge in [0.15, 0.2) is 5.76 Å². The van der Waals surface area contributed by atoms with Crippen molar-refractivity contribution in [2.24, 2.45) is 0 Å². The molecule has 1 unspecified atom stereocenters. The lowest BCUT2D eigenvalue weighted by Gasteiger charge is -2.14. The van der Waals surface area contributed by atoms with Gasteiger partial charge in [-0.15, -0.1) is 0 Å². The fraction of sp³-hybridized carbons (Fsp3) is 0.214. The quantitative estimate of drug-likeness (QED) is 0.854. The van der Waals surface area contributed by atoms with Gasteiger partial charge >= 0.3 is 0 Å². The first-order valence-electron chi connectivity index (χ1n) is 6.14. The second-order valence-electron chi connectivity index (χ2n) is 4.20. The predicted molar refractivity (Wildman–Crippen MR) is 79.0 cm³/mol. The van der Waals surface area contributed by atoms with Gasteiger partial charge in [0.25, 0.3) is 5.91 Å². The molecule has 1 amide bonds. The van der Waals surface area contributed by atoms with E-state index in [1.807, 2.05) is 0 Å². The highest BCUT2D eigenvalue weighted by Crippen LogP contribution is 2.31. The van der Waals surface area contributed by atoms with Crippen molar-refractivity contribution in [3.8, 4) is 5.75 Å². The molecule has 1 aromatic heterocycles. The summed E-state index contributed by atoms with van der Waals surface area (Å²) in [4.78, 5) is 11.6. The fourth-order valence-corrected chi connectivity index (χ4v) is 1.89. The Kier molecular flexibility index (Phi) is 5.50. The van der Waals surface area contributed by atoms with Gasteiger partial charge in [-0.3, -0.25) is 4.79 Å². The van der Waals surface area contributed by atoms with Crippen LogP contribution in [0.4, 0.5) is 0 Å². The maximum atomic E-state index is 11.6. The van der Waals surface area contributed by atoms with Crippen LogP contribution in [0.3, 0.4) is 0 Å². The SMILES string of the molecule is O=C(NCC(O)COc1cccc(Cl)c1Cl)c1ccco1. The molecule has 5 nitrogen and oxygen atoms in total. The normalized spacial score (nSPS) is 12.0. The van der Waals surface area contributed by atoms with Crippen LogP contribution in [0, 0.1) is 0 Å². The van der Waals surface area contributed by atoms with E-state index in [4.69, 9.17) is 32.4 Å². The Labute approximate surface area is 131 Å². The Hall–Kier alpha value is -1.69. The topological polar surface area (TPSA) is 71.7 Å². The first kappa shape index (κ1) is 15.7. The first-order valence-corrected chi connectivity index (χ1v) is 6.90. The molecule has 2 N–H and O–H groups in total. The third-order valence-corrected chi connectivity index (χ3v) is 3.39. The van der Waals surface area contributed by atoms with Crippen molar-refractivity contribution in [3.05, 3.63) is 52.4 Å². The van der Waals surface area contributed by atoms with Crippen LogP contribution >= 0.6 is 23.2 Å². The lowest BCUT2D eigenvalue weighted by atomic mass is 10.3. The summed E-state index contributed by atoms with van der Waals surface area (Å²) in [5.41, 5.74) is 0. The number of hydrogen-bond acceptors (Lipinski definition) is 4. The predicted octanol–water partition coefficient (Wildman–Crippen LogP) is 2.76. The lowest BCUT2D eigenvalue weighted by molar-refractivity contribution is 0.0822. The van der Waals surface area contributed by atoms with Gasteiger partial charge in [-0.25, -0.2) is 0 Å². The lowest BCUT2D eigenvalue weighted by Crippen LogP contribution is -2.35. The van der Waals surface area contributed by atoms with Gasteiger partial charge in [-0.2, -0.15) is 0 Å². The summed E-state index contributed by atoms with van der Waals surface area (Å²) in [6.45, 7) is -0.00375. The smallest absolute Gasteiger partial charge is 0.287 e. The first-order chi connectivity index (χ1) is 10.1. The summed E-state index contributed by atoms with van der Waals surface area (Å²) in [7, 11) is 0. The van der Waals surface area contributed by atoms with E-state index in [-0.39, 0.29) is 23.9 Å².